The Hall–Kier alpha value is -5.26. The molecular formula is C38H20N2S2. The molecule has 0 saturated heterocycles. The second-order valence-electron chi connectivity index (χ2n) is 10.4. The van der Waals surface area contributed by atoms with E-state index in [1.807, 2.05) is 34.8 Å². The zero-order valence-corrected chi connectivity index (χ0v) is 23.9. The lowest BCUT2D eigenvalue weighted by Crippen LogP contribution is -1.89. The number of nitriles is 2. The van der Waals surface area contributed by atoms with Crippen LogP contribution < -0.4 is 0 Å². The van der Waals surface area contributed by atoms with Crippen molar-refractivity contribution in [2.75, 3.05) is 0 Å². The standard InChI is InChI=1S/C38H20N2S2/c39-21-23-14-24(22-40)16-26(15-23)28-17-27(25-12-13-32-31-6-1-3-9-34(31)42-37(32)20-25)18-29(19-28)30-8-5-11-36-38(30)33-7-2-4-10-35(33)41-36/h1-20H. The van der Waals surface area contributed by atoms with Gasteiger partial charge in [0, 0.05) is 40.3 Å². The Labute approximate surface area is 250 Å². The van der Waals surface area contributed by atoms with E-state index in [9.17, 15) is 10.5 Å². The second kappa shape index (κ2) is 9.68. The lowest BCUT2D eigenvalue weighted by atomic mass is 9.90. The van der Waals surface area contributed by atoms with Gasteiger partial charge in [0.2, 0.25) is 0 Å². The number of benzene rings is 6. The third-order valence-electron chi connectivity index (χ3n) is 7.88. The van der Waals surface area contributed by atoms with Crippen molar-refractivity contribution < 1.29 is 0 Å². The largest absolute Gasteiger partial charge is 0.192 e. The van der Waals surface area contributed by atoms with E-state index in [2.05, 4.69) is 115 Å². The molecular weight excluding hydrogens is 549 g/mol. The Morgan fingerprint density at radius 1 is 0.405 bits per heavy atom. The summed E-state index contributed by atoms with van der Waals surface area (Å²) in [6, 6.07) is 46.9. The van der Waals surface area contributed by atoms with Gasteiger partial charge < -0.3 is 0 Å². The molecule has 0 aliphatic rings. The summed E-state index contributed by atoms with van der Waals surface area (Å²) in [5.41, 5.74) is 7.31. The molecule has 0 spiro atoms. The molecule has 0 fully saturated rings. The summed E-state index contributed by atoms with van der Waals surface area (Å²) in [4.78, 5) is 0. The Bertz CT molecular complexity index is 2410. The van der Waals surface area contributed by atoms with Crippen LogP contribution in [0.1, 0.15) is 11.1 Å². The fourth-order valence-electron chi connectivity index (χ4n) is 5.96. The van der Waals surface area contributed by atoms with Crippen LogP contribution in [-0.4, -0.2) is 0 Å². The Morgan fingerprint density at radius 3 is 1.74 bits per heavy atom. The third-order valence-corrected chi connectivity index (χ3v) is 10.2. The van der Waals surface area contributed by atoms with Gasteiger partial charge in [-0.15, -0.1) is 22.7 Å². The predicted octanol–water partition coefficient (Wildman–Crippen LogP) is 11.2. The first-order chi connectivity index (χ1) is 20.7. The lowest BCUT2D eigenvalue weighted by Gasteiger charge is -2.13. The van der Waals surface area contributed by atoms with Crippen LogP contribution in [0.5, 0.6) is 0 Å². The van der Waals surface area contributed by atoms with Crippen molar-refractivity contribution in [1.82, 2.24) is 0 Å². The van der Waals surface area contributed by atoms with E-state index in [4.69, 9.17) is 0 Å². The number of nitrogens with zero attached hydrogens (tertiary/aromatic N) is 2. The van der Waals surface area contributed by atoms with E-state index in [0.717, 1.165) is 27.8 Å². The molecule has 2 aromatic heterocycles. The normalized spacial score (nSPS) is 11.3. The summed E-state index contributed by atoms with van der Waals surface area (Å²) in [5, 5.41) is 24.4. The minimum Gasteiger partial charge on any atom is -0.192 e. The first-order valence-electron chi connectivity index (χ1n) is 13.6. The molecule has 8 aromatic rings. The zero-order chi connectivity index (χ0) is 28.2. The number of hydrogen-bond acceptors (Lipinski definition) is 4. The SMILES string of the molecule is N#Cc1cc(C#N)cc(-c2cc(-c3ccc4c(c3)sc3ccccc34)cc(-c3cccc4sc5ccccc5c34)c2)c1. The highest BCUT2D eigenvalue weighted by molar-refractivity contribution is 7.26. The first kappa shape index (κ1) is 24.5. The monoisotopic (exact) mass is 568 g/mol. The van der Waals surface area contributed by atoms with Gasteiger partial charge in [-0.3, -0.25) is 0 Å². The molecule has 0 aliphatic carbocycles. The molecule has 2 nitrogen and oxygen atoms in total. The quantitative estimate of drug-likeness (QED) is 0.213. The molecule has 194 valence electrons. The van der Waals surface area contributed by atoms with Gasteiger partial charge in [-0.25, -0.2) is 0 Å². The molecule has 4 heteroatoms. The van der Waals surface area contributed by atoms with Crippen LogP contribution in [-0.2, 0) is 0 Å². The van der Waals surface area contributed by atoms with Crippen molar-refractivity contribution in [3.05, 3.63) is 132 Å². The Kier molecular flexibility index (Phi) is 5.66. The number of hydrogen-bond donors (Lipinski definition) is 0. The van der Waals surface area contributed by atoms with E-state index >= 15 is 0 Å². The molecule has 0 atom stereocenters. The minimum atomic E-state index is 0.480. The summed E-state index contributed by atoms with van der Waals surface area (Å²) in [6.45, 7) is 0. The molecule has 0 bridgehead atoms. The highest BCUT2D eigenvalue weighted by Gasteiger charge is 2.15. The van der Waals surface area contributed by atoms with Gasteiger partial charge in [0.25, 0.3) is 0 Å². The molecule has 0 amide bonds. The lowest BCUT2D eigenvalue weighted by molar-refractivity contribution is 1.44. The van der Waals surface area contributed by atoms with Crippen molar-refractivity contribution in [1.29, 1.82) is 10.5 Å². The summed E-state index contributed by atoms with van der Waals surface area (Å²) < 4.78 is 5.06. The van der Waals surface area contributed by atoms with Crippen molar-refractivity contribution in [3.63, 3.8) is 0 Å². The van der Waals surface area contributed by atoms with Crippen LogP contribution in [0.3, 0.4) is 0 Å². The average Bonchev–Trinajstić information content (AvgIpc) is 3.62. The van der Waals surface area contributed by atoms with Gasteiger partial charge in [0.15, 0.2) is 0 Å². The van der Waals surface area contributed by atoms with Crippen LogP contribution >= 0.6 is 22.7 Å². The molecule has 6 aromatic carbocycles. The maximum Gasteiger partial charge on any atom is 0.0992 e. The molecule has 42 heavy (non-hydrogen) atoms. The highest BCUT2D eigenvalue weighted by Crippen LogP contribution is 2.43. The fourth-order valence-corrected chi connectivity index (χ4v) is 8.24. The van der Waals surface area contributed by atoms with Crippen molar-refractivity contribution >= 4 is 63.0 Å². The highest BCUT2D eigenvalue weighted by atomic mass is 32.1. The Balaban J connectivity index is 1.41. The van der Waals surface area contributed by atoms with E-state index < -0.39 is 0 Å². The Morgan fingerprint density at radius 2 is 0.976 bits per heavy atom. The van der Waals surface area contributed by atoms with Gasteiger partial charge in [0.05, 0.1) is 23.3 Å². The molecule has 0 radical (unpaired) electrons. The van der Waals surface area contributed by atoms with Crippen LogP contribution in [0.4, 0.5) is 0 Å². The summed E-state index contributed by atoms with van der Waals surface area (Å²) >= 11 is 3.63. The summed E-state index contributed by atoms with van der Waals surface area (Å²) in [6.07, 6.45) is 0. The molecule has 0 unspecified atom stereocenters. The van der Waals surface area contributed by atoms with E-state index in [0.29, 0.717) is 11.1 Å². The van der Waals surface area contributed by atoms with Gasteiger partial charge in [-0.2, -0.15) is 10.5 Å². The minimum absolute atomic E-state index is 0.480. The number of rotatable bonds is 3. The molecule has 2 heterocycles. The number of fused-ring (bicyclic) bond motifs is 6. The van der Waals surface area contributed by atoms with Crippen LogP contribution in [0.15, 0.2) is 121 Å². The second-order valence-corrected chi connectivity index (χ2v) is 12.6. The van der Waals surface area contributed by atoms with E-state index in [1.54, 1.807) is 6.07 Å². The van der Waals surface area contributed by atoms with Gasteiger partial charge in [-0.05, 0) is 94.0 Å². The maximum atomic E-state index is 9.69. The van der Waals surface area contributed by atoms with Gasteiger partial charge in [0.1, 0.15) is 0 Å². The van der Waals surface area contributed by atoms with Gasteiger partial charge >= 0.3 is 0 Å². The third kappa shape index (κ3) is 3.98. The van der Waals surface area contributed by atoms with E-state index in [1.165, 1.54) is 45.9 Å². The van der Waals surface area contributed by atoms with Crippen LogP contribution in [0.2, 0.25) is 0 Å². The van der Waals surface area contributed by atoms with Gasteiger partial charge in [-0.1, -0.05) is 60.7 Å². The fraction of sp³-hybridized carbons (Fsp3) is 0. The van der Waals surface area contributed by atoms with Crippen LogP contribution in [0.25, 0.3) is 73.7 Å². The van der Waals surface area contributed by atoms with Crippen molar-refractivity contribution in [2.24, 2.45) is 0 Å². The number of thiophene rings is 2. The maximum absolute atomic E-state index is 9.69. The smallest absolute Gasteiger partial charge is 0.0992 e. The zero-order valence-electron chi connectivity index (χ0n) is 22.3. The van der Waals surface area contributed by atoms with Crippen molar-refractivity contribution in [3.8, 4) is 45.5 Å². The summed E-state index contributed by atoms with van der Waals surface area (Å²) in [7, 11) is 0. The molecule has 0 saturated carbocycles. The predicted molar refractivity (Wildman–Crippen MR) is 178 cm³/mol. The first-order valence-corrected chi connectivity index (χ1v) is 15.2. The van der Waals surface area contributed by atoms with Crippen LogP contribution in [0, 0.1) is 22.7 Å². The average molecular weight is 569 g/mol. The molecule has 0 aliphatic heterocycles. The molecule has 0 N–H and O–H groups in total. The molecule has 8 rings (SSSR count). The summed E-state index contributed by atoms with van der Waals surface area (Å²) in [5.74, 6) is 0. The van der Waals surface area contributed by atoms with Crippen molar-refractivity contribution in [2.45, 2.75) is 0 Å². The topological polar surface area (TPSA) is 47.6 Å². The van der Waals surface area contributed by atoms with E-state index in [-0.39, 0.29) is 0 Å².